The second kappa shape index (κ2) is 9.02. The Labute approximate surface area is 173 Å². The molecule has 5 nitrogen and oxygen atoms in total. The Morgan fingerprint density at radius 2 is 1.70 bits per heavy atom. The third-order valence-electron chi connectivity index (χ3n) is 4.36. The van der Waals surface area contributed by atoms with E-state index in [4.69, 9.17) is 39.5 Å². The second-order valence-corrected chi connectivity index (χ2v) is 7.56. The molecule has 0 spiro atoms. The number of hydrogen-bond donors (Lipinski definition) is 1. The van der Waals surface area contributed by atoms with Gasteiger partial charge >= 0.3 is 0 Å². The van der Waals surface area contributed by atoms with Crippen molar-refractivity contribution in [2.24, 2.45) is 0 Å². The van der Waals surface area contributed by atoms with Gasteiger partial charge in [-0.05, 0) is 25.2 Å². The van der Waals surface area contributed by atoms with Crippen LogP contribution in [0.1, 0.15) is 0 Å². The van der Waals surface area contributed by atoms with E-state index in [0.29, 0.717) is 20.8 Å². The van der Waals surface area contributed by atoms with E-state index in [1.165, 1.54) is 12.1 Å². The summed E-state index contributed by atoms with van der Waals surface area (Å²) in [5.74, 6) is 0.0345. The van der Waals surface area contributed by atoms with Gasteiger partial charge in [-0.3, -0.25) is 4.79 Å². The van der Waals surface area contributed by atoms with Gasteiger partial charge in [-0.15, -0.1) is 0 Å². The Morgan fingerprint density at radius 1 is 1.04 bits per heavy atom. The third-order valence-corrected chi connectivity index (χ3v) is 5.37. The van der Waals surface area contributed by atoms with Crippen LogP contribution in [0.5, 0.6) is 5.75 Å². The summed E-state index contributed by atoms with van der Waals surface area (Å²) in [4.78, 5) is 16.9. The van der Waals surface area contributed by atoms with Crippen LogP contribution in [-0.4, -0.2) is 50.6 Å². The third kappa shape index (κ3) is 5.20. The van der Waals surface area contributed by atoms with E-state index in [1.54, 1.807) is 0 Å². The highest BCUT2D eigenvalue weighted by molar-refractivity contribution is 6.43. The van der Waals surface area contributed by atoms with Gasteiger partial charge in [0.05, 0.1) is 26.4 Å². The maximum absolute atomic E-state index is 12.4. The number of rotatable bonds is 5. The fraction of sp³-hybridized carbons (Fsp3) is 0.316. The van der Waals surface area contributed by atoms with Crippen LogP contribution in [0.3, 0.4) is 0 Å². The maximum atomic E-state index is 12.4. The minimum atomic E-state index is -0.279. The Morgan fingerprint density at radius 3 is 2.44 bits per heavy atom. The monoisotopic (exact) mass is 427 g/mol. The van der Waals surface area contributed by atoms with Gasteiger partial charge in [-0.25, -0.2) is 0 Å². The van der Waals surface area contributed by atoms with E-state index < -0.39 is 0 Å². The van der Waals surface area contributed by atoms with Gasteiger partial charge in [0, 0.05) is 32.2 Å². The molecule has 1 fully saturated rings. The molecule has 27 heavy (non-hydrogen) atoms. The first kappa shape index (κ1) is 20.1. The number of nitrogens with one attached hydrogen (secondary N) is 1. The number of carbonyl (C=O) groups is 1. The molecule has 1 amide bonds. The number of halogens is 3. The standard InChI is InChI=1S/C19H20Cl3N3O2/c1-24-6-8-25(9-7-24)17-5-3-2-4-16(17)23-19(26)12-27-18-11-14(21)13(20)10-15(18)22/h2-5,10-11H,6-9,12H2,1H3,(H,23,26). The molecule has 1 heterocycles. The van der Waals surface area contributed by atoms with Gasteiger partial charge in [0.2, 0.25) is 0 Å². The predicted molar refractivity (Wildman–Crippen MR) is 112 cm³/mol. The first-order valence-electron chi connectivity index (χ1n) is 8.54. The Balaban J connectivity index is 1.64. The molecule has 8 heteroatoms. The average molecular weight is 429 g/mol. The van der Waals surface area contributed by atoms with Crippen molar-refractivity contribution in [3.8, 4) is 5.75 Å². The number of anilines is 2. The lowest BCUT2D eigenvalue weighted by Gasteiger charge is -2.35. The molecule has 3 rings (SSSR count). The maximum Gasteiger partial charge on any atom is 0.262 e. The number of ether oxygens (including phenoxy) is 1. The van der Waals surface area contributed by atoms with Gasteiger partial charge in [0.25, 0.3) is 5.91 Å². The van der Waals surface area contributed by atoms with Gasteiger partial charge in [-0.1, -0.05) is 46.9 Å². The summed E-state index contributed by atoms with van der Waals surface area (Å²) in [5.41, 5.74) is 1.77. The first-order chi connectivity index (χ1) is 12.9. The highest BCUT2D eigenvalue weighted by Gasteiger charge is 2.18. The lowest BCUT2D eigenvalue weighted by molar-refractivity contribution is -0.118. The fourth-order valence-electron chi connectivity index (χ4n) is 2.85. The van der Waals surface area contributed by atoms with Crippen LogP contribution in [0.15, 0.2) is 36.4 Å². The number of benzene rings is 2. The molecule has 2 aromatic carbocycles. The molecular weight excluding hydrogens is 409 g/mol. The summed E-state index contributed by atoms with van der Waals surface area (Å²) in [7, 11) is 2.11. The van der Waals surface area contributed by atoms with Crippen LogP contribution in [0, 0.1) is 0 Å². The summed E-state index contributed by atoms with van der Waals surface area (Å²) >= 11 is 17.9. The van der Waals surface area contributed by atoms with Crippen molar-refractivity contribution in [3.63, 3.8) is 0 Å². The van der Waals surface area contributed by atoms with E-state index in [2.05, 4.69) is 22.2 Å². The largest absolute Gasteiger partial charge is 0.482 e. The van der Waals surface area contributed by atoms with Crippen LogP contribution in [0.4, 0.5) is 11.4 Å². The normalized spacial score (nSPS) is 14.9. The van der Waals surface area contributed by atoms with Crippen molar-refractivity contribution in [2.75, 3.05) is 50.1 Å². The van der Waals surface area contributed by atoms with Crippen molar-refractivity contribution in [1.82, 2.24) is 4.90 Å². The number of piperazine rings is 1. The quantitative estimate of drug-likeness (QED) is 0.716. The molecule has 1 N–H and O–H groups in total. The zero-order chi connectivity index (χ0) is 19.4. The summed E-state index contributed by atoms with van der Waals surface area (Å²) in [6.07, 6.45) is 0. The van der Waals surface area contributed by atoms with Crippen molar-refractivity contribution < 1.29 is 9.53 Å². The topological polar surface area (TPSA) is 44.8 Å². The molecule has 0 aromatic heterocycles. The minimum absolute atomic E-state index is 0.186. The molecular formula is C19H20Cl3N3O2. The number of nitrogens with zero attached hydrogens (tertiary/aromatic N) is 2. The molecule has 0 radical (unpaired) electrons. The number of para-hydroxylation sites is 2. The Hall–Kier alpha value is -1.66. The lowest BCUT2D eigenvalue weighted by atomic mass is 10.2. The summed E-state index contributed by atoms with van der Waals surface area (Å²) in [6, 6.07) is 10.7. The van der Waals surface area contributed by atoms with Gasteiger partial charge in [0.1, 0.15) is 5.75 Å². The van der Waals surface area contributed by atoms with E-state index in [-0.39, 0.29) is 12.5 Å². The van der Waals surface area contributed by atoms with Crippen LogP contribution >= 0.6 is 34.8 Å². The molecule has 0 saturated carbocycles. The van der Waals surface area contributed by atoms with Crippen LogP contribution in [0.2, 0.25) is 15.1 Å². The van der Waals surface area contributed by atoms with Crippen molar-refractivity contribution in [2.45, 2.75) is 0 Å². The zero-order valence-electron chi connectivity index (χ0n) is 14.8. The minimum Gasteiger partial charge on any atom is -0.482 e. The molecule has 2 aromatic rings. The fourth-order valence-corrected chi connectivity index (χ4v) is 3.44. The second-order valence-electron chi connectivity index (χ2n) is 6.34. The SMILES string of the molecule is CN1CCN(c2ccccc2NC(=O)COc2cc(Cl)c(Cl)cc2Cl)CC1. The van der Waals surface area contributed by atoms with Gasteiger partial charge in [-0.2, -0.15) is 0 Å². The number of carbonyl (C=O) groups excluding carboxylic acids is 1. The predicted octanol–water partition coefficient (Wildman–Crippen LogP) is 4.42. The van der Waals surface area contributed by atoms with E-state index in [0.717, 1.165) is 37.6 Å². The van der Waals surface area contributed by atoms with E-state index >= 15 is 0 Å². The van der Waals surface area contributed by atoms with Crippen molar-refractivity contribution in [1.29, 1.82) is 0 Å². The smallest absolute Gasteiger partial charge is 0.262 e. The van der Waals surface area contributed by atoms with Crippen LogP contribution < -0.4 is 15.0 Å². The number of hydrogen-bond acceptors (Lipinski definition) is 4. The highest BCUT2D eigenvalue weighted by atomic mass is 35.5. The molecule has 1 aliphatic heterocycles. The Kier molecular flexibility index (Phi) is 6.71. The van der Waals surface area contributed by atoms with E-state index in [9.17, 15) is 4.79 Å². The molecule has 1 saturated heterocycles. The summed E-state index contributed by atoms with van der Waals surface area (Å²) in [5, 5.41) is 3.86. The number of amides is 1. The molecule has 0 atom stereocenters. The van der Waals surface area contributed by atoms with Gasteiger partial charge < -0.3 is 19.9 Å². The Bertz CT molecular complexity index is 824. The van der Waals surface area contributed by atoms with Gasteiger partial charge in [0.15, 0.2) is 6.61 Å². The van der Waals surface area contributed by atoms with E-state index in [1.807, 2.05) is 24.3 Å². The molecule has 0 unspecified atom stereocenters. The van der Waals surface area contributed by atoms with Crippen LogP contribution in [-0.2, 0) is 4.79 Å². The first-order valence-corrected chi connectivity index (χ1v) is 9.67. The zero-order valence-corrected chi connectivity index (χ0v) is 17.1. The van der Waals surface area contributed by atoms with Crippen molar-refractivity contribution >= 4 is 52.1 Å². The van der Waals surface area contributed by atoms with Crippen molar-refractivity contribution in [3.05, 3.63) is 51.5 Å². The average Bonchev–Trinajstić information content (AvgIpc) is 2.65. The molecule has 1 aliphatic rings. The molecule has 0 bridgehead atoms. The summed E-state index contributed by atoms with van der Waals surface area (Å²) in [6.45, 7) is 3.62. The number of likely N-dealkylation sites (N-methyl/N-ethyl adjacent to an activating group) is 1. The molecule has 0 aliphatic carbocycles. The lowest BCUT2D eigenvalue weighted by Crippen LogP contribution is -2.44. The summed E-state index contributed by atoms with van der Waals surface area (Å²) < 4.78 is 5.50. The molecule has 144 valence electrons. The van der Waals surface area contributed by atoms with Crippen LogP contribution in [0.25, 0.3) is 0 Å². The highest BCUT2D eigenvalue weighted by Crippen LogP contribution is 2.34.